The van der Waals surface area contributed by atoms with Crippen molar-refractivity contribution >= 4 is 33.0 Å². The summed E-state index contributed by atoms with van der Waals surface area (Å²) in [6.07, 6.45) is 1.62. The fraction of sp³-hybridized carbons (Fsp3) is 0.255. The zero-order valence-corrected chi connectivity index (χ0v) is 34.4. The van der Waals surface area contributed by atoms with Crippen molar-refractivity contribution in [1.29, 1.82) is 0 Å². The van der Waals surface area contributed by atoms with E-state index in [9.17, 15) is 5.11 Å². The first-order valence-corrected chi connectivity index (χ1v) is 18.4. The van der Waals surface area contributed by atoms with Crippen LogP contribution in [0.3, 0.4) is 0 Å². The maximum Gasteiger partial charge on any atom is 0.231 e. The first-order valence-electron chi connectivity index (χ1n) is 18.4. The summed E-state index contributed by atoms with van der Waals surface area (Å²) in [5.74, 6) is 1.76. The van der Waals surface area contributed by atoms with E-state index in [1.807, 2.05) is 32.0 Å². The average molecular weight is 894 g/mol. The van der Waals surface area contributed by atoms with E-state index in [0.717, 1.165) is 66.7 Å². The van der Waals surface area contributed by atoms with Gasteiger partial charge in [-0.05, 0) is 76.9 Å². The van der Waals surface area contributed by atoms with E-state index in [0.29, 0.717) is 28.1 Å². The summed E-state index contributed by atoms with van der Waals surface area (Å²) in [6, 6.07) is 30.6. The third-order valence-electron chi connectivity index (χ3n) is 10.5. The van der Waals surface area contributed by atoms with Crippen LogP contribution in [0.1, 0.15) is 88.3 Å². The molecule has 7 heteroatoms. The van der Waals surface area contributed by atoms with Crippen molar-refractivity contribution < 1.29 is 35.0 Å². The van der Waals surface area contributed by atoms with Gasteiger partial charge in [0.25, 0.3) is 0 Å². The third-order valence-corrected chi connectivity index (χ3v) is 10.5. The molecule has 0 fully saturated rings. The molecule has 0 aliphatic heterocycles. The zero-order valence-electron chi connectivity index (χ0n) is 32.2. The number of aromatic hydroxyl groups is 1. The largest absolute Gasteiger partial charge is 0.507 e. The number of benzene rings is 5. The van der Waals surface area contributed by atoms with Crippen molar-refractivity contribution in [3.63, 3.8) is 0 Å². The Morgan fingerprint density at radius 3 is 2.13 bits per heavy atom. The Hall–Kier alpha value is -5.06. The van der Waals surface area contributed by atoms with Gasteiger partial charge in [-0.3, -0.25) is 4.98 Å². The fourth-order valence-corrected chi connectivity index (χ4v) is 7.55. The van der Waals surface area contributed by atoms with Crippen molar-refractivity contribution in [1.82, 2.24) is 15.0 Å². The van der Waals surface area contributed by atoms with E-state index in [1.165, 1.54) is 11.1 Å². The van der Waals surface area contributed by atoms with E-state index >= 15 is 0 Å². The number of hydrogen-bond donors (Lipinski definition) is 1. The number of aromatic nitrogens is 3. The van der Waals surface area contributed by atoms with Crippen LogP contribution in [-0.2, 0) is 26.5 Å². The molecule has 8 rings (SSSR count). The summed E-state index contributed by atoms with van der Waals surface area (Å²) < 4.78 is 13.0. The molecular formula is C47H44N3O3Pt-. The quantitative estimate of drug-likeness (QED) is 0.167. The number of oxazole rings is 1. The van der Waals surface area contributed by atoms with Gasteiger partial charge in [-0.15, -0.1) is 29.3 Å². The van der Waals surface area contributed by atoms with Gasteiger partial charge in [-0.2, -0.15) is 0 Å². The van der Waals surface area contributed by atoms with Crippen LogP contribution in [0.25, 0.3) is 77.9 Å². The number of furan rings is 1. The molecule has 5 aromatic carbocycles. The van der Waals surface area contributed by atoms with E-state index in [4.69, 9.17) is 18.8 Å². The van der Waals surface area contributed by atoms with Gasteiger partial charge in [-0.1, -0.05) is 108 Å². The first-order chi connectivity index (χ1) is 25.3. The third kappa shape index (κ3) is 6.25. The molecule has 0 bridgehead atoms. The van der Waals surface area contributed by atoms with Crippen molar-refractivity contribution in [3.05, 3.63) is 119 Å². The van der Waals surface area contributed by atoms with Crippen LogP contribution < -0.4 is 0 Å². The standard InChI is InChI=1S/C47H44N3O3.Pt/c1-25(2)32-14-12-15-33(26(3)4)41(32)36-18-17-34(44-45(36)53-46(50-44)42-38(51)19-20-39-40(42)27(5)28(6)52-39)29-21-30(23-31(22-29)47(7,8)9)43-35-13-10-11-16-37(35)48-24-49-43;/h10-20,22-26,51H,1-9H3;/q-1;. The van der Waals surface area contributed by atoms with E-state index in [2.05, 4.69) is 108 Å². The second-order valence-corrected chi connectivity index (χ2v) is 15.8. The summed E-state index contributed by atoms with van der Waals surface area (Å²) >= 11 is 0. The van der Waals surface area contributed by atoms with Crippen LogP contribution in [0.2, 0.25) is 0 Å². The normalized spacial score (nSPS) is 12.1. The molecule has 6 nitrogen and oxygen atoms in total. The summed E-state index contributed by atoms with van der Waals surface area (Å²) in [5, 5.41) is 13.2. The molecule has 0 saturated carbocycles. The van der Waals surface area contributed by atoms with Gasteiger partial charge in [0.1, 0.15) is 23.4 Å². The van der Waals surface area contributed by atoms with Crippen molar-refractivity contribution in [3.8, 4) is 50.7 Å². The second kappa shape index (κ2) is 14.0. The zero-order chi connectivity index (χ0) is 37.3. The van der Waals surface area contributed by atoms with Gasteiger partial charge in [-0.25, -0.2) is 9.97 Å². The Morgan fingerprint density at radius 2 is 1.43 bits per heavy atom. The molecule has 1 N–H and O–H groups in total. The molecular weight excluding hydrogens is 850 g/mol. The summed E-state index contributed by atoms with van der Waals surface area (Å²) in [7, 11) is 0. The average Bonchev–Trinajstić information content (AvgIpc) is 3.70. The molecule has 0 aliphatic rings. The van der Waals surface area contributed by atoms with Gasteiger partial charge in [0.05, 0.1) is 16.6 Å². The van der Waals surface area contributed by atoms with Crippen LogP contribution in [0, 0.1) is 19.9 Å². The summed E-state index contributed by atoms with van der Waals surface area (Å²) in [4.78, 5) is 14.6. The number of para-hydroxylation sites is 1. The van der Waals surface area contributed by atoms with Crippen LogP contribution in [-0.4, -0.2) is 20.1 Å². The Balaban J connectivity index is 0.00000450. The number of aryl methyl sites for hydroxylation is 2. The topological polar surface area (TPSA) is 85.2 Å². The van der Waals surface area contributed by atoms with E-state index in [-0.39, 0.29) is 44.1 Å². The fourth-order valence-electron chi connectivity index (χ4n) is 7.55. The minimum absolute atomic E-state index is 0. The molecule has 0 radical (unpaired) electrons. The smallest absolute Gasteiger partial charge is 0.231 e. The van der Waals surface area contributed by atoms with Gasteiger partial charge < -0.3 is 13.9 Å². The Kier molecular flexibility index (Phi) is 9.64. The number of nitrogens with zero attached hydrogens (tertiary/aromatic N) is 3. The van der Waals surface area contributed by atoms with E-state index < -0.39 is 0 Å². The number of phenolic OH excluding ortho intramolecular Hbond substituents is 1. The minimum atomic E-state index is -0.171. The van der Waals surface area contributed by atoms with Crippen molar-refractivity contribution in [2.75, 3.05) is 0 Å². The molecule has 0 saturated heterocycles. The number of phenols is 1. The molecule has 3 aromatic heterocycles. The van der Waals surface area contributed by atoms with Crippen LogP contribution in [0.15, 0.2) is 94.0 Å². The summed E-state index contributed by atoms with van der Waals surface area (Å²) in [5.41, 5.74) is 13.4. The Labute approximate surface area is 331 Å². The number of fused-ring (bicyclic) bond motifs is 3. The molecule has 0 amide bonds. The summed E-state index contributed by atoms with van der Waals surface area (Å²) in [6.45, 7) is 19.5. The monoisotopic (exact) mass is 893 g/mol. The first kappa shape index (κ1) is 37.3. The van der Waals surface area contributed by atoms with Gasteiger partial charge in [0.15, 0.2) is 5.58 Å². The van der Waals surface area contributed by atoms with Crippen LogP contribution >= 0.6 is 0 Å². The molecule has 8 aromatic rings. The van der Waals surface area contributed by atoms with Gasteiger partial charge >= 0.3 is 0 Å². The van der Waals surface area contributed by atoms with Crippen LogP contribution in [0.5, 0.6) is 5.75 Å². The van der Waals surface area contributed by atoms with Crippen molar-refractivity contribution in [2.45, 2.75) is 79.6 Å². The van der Waals surface area contributed by atoms with Gasteiger partial charge in [0, 0.05) is 37.7 Å². The minimum Gasteiger partial charge on any atom is -0.507 e. The maximum atomic E-state index is 11.4. The van der Waals surface area contributed by atoms with E-state index in [1.54, 1.807) is 18.5 Å². The molecule has 0 aliphatic carbocycles. The maximum absolute atomic E-state index is 11.4. The second-order valence-electron chi connectivity index (χ2n) is 15.8. The van der Waals surface area contributed by atoms with Crippen LogP contribution in [0.4, 0.5) is 0 Å². The Morgan fingerprint density at radius 1 is 0.741 bits per heavy atom. The molecule has 3 heterocycles. The molecule has 0 unspecified atom stereocenters. The van der Waals surface area contributed by atoms with Gasteiger partial charge in [0.2, 0.25) is 5.89 Å². The Bertz CT molecular complexity index is 2680. The van der Waals surface area contributed by atoms with Crippen molar-refractivity contribution in [2.24, 2.45) is 0 Å². The predicted molar refractivity (Wildman–Crippen MR) is 215 cm³/mol. The molecule has 276 valence electrons. The predicted octanol–water partition coefficient (Wildman–Crippen LogP) is 12.8. The molecule has 0 spiro atoms. The number of rotatable bonds is 6. The SMILES string of the molecule is Cc1oc2ccc(O)c(-c3nc4c(-c5[c-]c(-c6ncnc7ccccc67)cc(C(C)(C)C)c5)ccc(-c5c(C(C)C)cccc5C(C)C)c4o3)c2c1C.[Pt]. The number of hydrogen-bond acceptors (Lipinski definition) is 6. The molecule has 0 atom stereocenters. The molecule has 54 heavy (non-hydrogen) atoms.